The average molecular weight is 271 g/mol. The van der Waals surface area contributed by atoms with Crippen LogP contribution < -0.4 is 17.7 Å². The SMILES string of the molecule is Cc1ccc(CNCc2ccc(F)cc2)s1.[Cl-]. The molecule has 1 aromatic heterocycles. The van der Waals surface area contributed by atoms with Crippen molar-refractivity contribution in [1.82, 2.24) is 5.32 Å². The van der Waals surface area contributed by atoms with Gasteiger partial charge in [-0.3, -0.25) is 0 Å². The Balaban J connectivity index is 0.00000144. The smallest absolute Gasteiger partial charge is 0.123 e. The highest BCUT2D eigenvalue weighted by molar-refractivity contribution is 7.11. The van der Waals surface area contributed by atoms with Crippen molar-refractivity contribution in [2.45, 2.75) is 20.0 Å². The van der Waals surface area contributed by atoms with Gasteiger partial charge in [-0.2, -0.15) is 0 Å². The number of nitrogens with one attached hydrogen (secondary N) is 1. The van der Waals surface area contributed by atoms with Crippen molar-refractivity contribution >= 4 is 11.3 Å². The molecule has 0 aliphatic rings. The van der Waals surface area contributed by atoms with Crippen LogP contribution in [0.25, 0.3) is 0 Å². The van der Waals surface area contributed by atoms with Crippen LogP contribution in [0.5, 0.6) is 0 Å². The van der Waals surface area contributed by atoms with E-state index in [1.807, 2.05) is 12.1 Å². The number of rotatable bonds is 4. The van der Waals surface area contributed by atoms with Crippen LogP contribution in [0.15, 0.2) is 36.4 Å². The van der Waals surface area contributed by atoms with Crippen molar-refractivity contribution in [3.05, 3.63) is 57.5 Å². The third-order valence-corrected chi connectivity index (χ3v) is 3.34. The Bertz CT molecular complexity index is 453. The first-order valence-electron chi connectivity index (χ1n) is 5.24. The monoisotopic (exact) mass is 270 g/mol. The number of halogens is 2. The molecular weight excluding hydrogens is 257 g/mol. The molecule has 0 aliphatic heterocycles. The molecule has 2 aromatic rings. The summed E-state index contributed by atoms with van der Waals surface area (Å²) in [5, 5.41) is 3.34. The molecule has 0 aliphatic carbocycles. The minimum absolute atomic E-state index is 0. The van der Waals surface area contributed by atoms with E-state index in [1.54, 1.807) is 11.3 Å². The summed E-state index contributed by atoms with van der Waals surface area (Å²) in [5.41, 5.74) is 1.11. The molecule has 4 heteroatoms. The molecule has 0 fully saturated rings. The average Bonchev–Trinajstić information content (AvgIpc) is 2.67. The van der Waals surface area contributed by atoms with Gasteiger partial charge in [0.25, 0.3) is 0 Å². The van der Waals surface area contributed by atoms with E-state index >= 15 is 0 Å². The molecule has 1 aromatic carbocycles. The van der Waals surface area contributed by atoms with Gasteiger partial charge in [0.05, 0.1) is 0 Å². The predicted octanol–water partition coefficient (Wildman–Crippen LogP) is 0.489. The zero-order valence-electron chi connectivity index (χ0n) is 9.54. The predicted molar refractivity (Wildman–Crippen MR) is 66.0 cm³/mol. The summed E-state index contributed by atoms with van der Waals surface area (Å²) in [6.45, 7) is 3.75. The first kappa shape index (κ1) is 14.2. The van der Waals surface area contributed by atoms with E-state index in [2.05, 4.69) is 24.4 Å². The molecule has 1 heterocycles. The fourth-order valence-corrected chi connectivity index (χ4v) is 2.37. The van der Waals surface area contributed by atoms with E-state index in [4.69, 9.17) is 0 Å². The first-order valence-corrected chi connectivity index (χ1v) is 6.06. The van der Waals surface area contributed by atoms with Gasteiger partial charge in [-0.1, -0.05) is 12.1 Å². The van der Waals surface area contributed by atoms with Crippen molar-refractivity contribution < 1.29 is 16.8 Å². The Morgan fingerprint density at radius 2 is 1.76 bits per heavy atom. The van der Waals surface area contributed by atoms with Crippen LogP contribution in [-0.4, -0.2) is 0 Å². The second kappa shape index (κ2) is 6.74. The summed E-state index contributed by atoms with van der Waals surface area (Å²) in [4.78, 5) is 2.66. The fourth-order valence-electron chi connectivity index (χ4n) is 1.51. The van der Waals surface area contributed by atoms with E-state index in [9.17, 15) is 4.39 Å². The van der Waals surface area contributed by atoms with Crippen LogP contribution in [0.4, 0.5) is 4.39 Å². The van der Waals surface area contributed by atoms with E-state index in [1.165, 1.54) is 21.9 Å². The normalized spacial score (nSPS) is 10.0. The molecule has 0 radical (unpaired) electrons. The van der Waals surface area contributed by atoms with Gasteiger partial charge in [-0.25, -0.2) is 4.39 Å². The molecule has 0 saturated heterocycles. The molecule has 1 N–H and O–H groups in total. The highest BCUT2D eigenvalue weighted by Gasteiger charge is 1.97. The van der Waals surface area contributed by atoms with E-state index in [-0.39, 0.29) is 18.2 Å². The van der Waals surface area contributed by atoms with Crippen LogP contribution in [0, 0.1) is 12.7 Å². The molecule has 0 unspecified atom stereocenters. The molecule has 2 rings (SSSR count). The largest absolute Gasteiger partial charge is 1.00 e. The van der Waals surface area contributed by atoms with Gasteiger partial charge in [-0.05, 0) is 36.8 Å². The minimum atomic E-state index is -0.183. The van der Waals surface area contributed by atoms with Crippen molar-refractivity contribution in [1.29, 1.82) is 0 Å². The molecule has 0 amide bonds. The Morgan fingerprint density at radius 1 is 1.06 bits per heavy atom. The van der Waals surface area contributed by atoms with Gasteiger partial charge in [0.15, 0.2) is 0 Å². The Labute approximate surface area is 111 Å². The van der Waals surface area contributed by atoms with Crippen LogP contribution in [0.2, 0.25) is 0 Å². The fraction of sp³-hybridized carbons (Fsp3) is 0.231. The molecule has 0 saturated carbocycles. The number of aryl methyl sites for hydroxylation is 1. The summed E-state index contributed by atoms with van der Waals surface area (Å²) >= 11 is 1.80. The van der Waals surface area contributed by atoms with E-state index < -0.39 is 0 Å². The Kier molecular flexibility index (Phi) is 5.62. The molecular formula is C13H14ClFNS-. The summed E-state index contributed by atoms with van der Waals surface area (Å²) < 4.78 is 12.7. The Hall–Kier alpha value is -0.900. The van der Waals surface area contributed by atoms with E-state index in [0.29, 0.717) is 0 Å². The van der Waals surface area contributed by atoms with Crippen molar-refractivity contribution in [2.24, 2.45) is 0 Å². The zero-order chi connectivity index (χ0) is 11.4. The Morgan fingerprint density at radius 3 is 2.35 bits per heavy atom. The van der Waals surface area contributed by atoms with Crippen LogP contribution in [0.3, 0.4) is 0 Å². The highest BCUT2D eigenvalue weighted by Crippen LogP contribution is 2.14. The number of thiophene rings is 1. The lowest BCUT2D eigenvalue weighted by Crippen LogP contribution is -3.00. The van der Waals surface area contributed by atoms with Crippen LogP contribution in [0.1, 0.15) is 15.3 Å². The summed E-state index contributed by atoms with van der Waals surface area (Å²) in [6, 6.07) is 10.9. The summed E-state index contributed by atoms with van der Waals surface area (Å²) in [6.07, 6.45) is 0. The second-order valence-corrected chi connectivity index (χ2v) is 5.11. The molecule has 17 heavy (non-hydrogen) atoms. The summed E-state index contributed by atoms with van der Waals surface area (Å²) in [7, 11) is 0. The maximum atomic E-state index is 12.7. The topological polar surface area (TPSA) is 12.0 Å². The van der Waals surface area contributed by atoms with Crippen LogP contribution in [-0.2, 0) is 13.1 Å². The standard InChI is InChI=1S/C13H14FNS.ClH/c1-10-2-7-13(16-10)9-15-8-11-3-5-12(14)6-4-11;/h2-7,15H,8-9H2,1H3;1H/p-1. The van der Waals surface area contributed by atoms with Crippen molar-refractivity contribution in [3.63, 3.8) is 0 Å². The van der Waals surface area contributed by atoms with Gasteiger partial charge in [0.1, 0.15) is 5.82 Å². The third-order valence-electron chi connectivity index (χ3n) is 2.34. The number of benzene rings is 1. The van der Waals surface area contributed by atoms with Gasteiger partial charge in [0, 0.05) is 22.8 Å². The van der Waals surface area contributed by atoms with Gasteiger partial charge < -0.3 is 17.7 Å². The van der Waals surface area contributed by atoms with Gasteiger partial charge in [0.2, 0.25) is 0 Å². The summed E-state index contributed by atoms with van der Waals surface area (Å²) in [5.74, 6) is -0.183. The molecule has 1 nitrogen and oxygen atoms in total. The van der Waals surface area contributed by atoms with Gasteiger partial charge in [-0.15, -0.1) is 11.3 Å². The lowest BCUT2D eigenvalue weighted by atomic mass is 10.2. The van der Waals surface area contributed by atoms with Crippen molar-refractivity contribution in [3.8, 4) is 0 Å². The molecule has 92 valence electrons. The second-order valence-electron chi connectivity index (χ2n) is 3.74. The highest BCUT2D eigenvalue weighted by atomic mass is 35.5. The minimum Gasteiger partial charge on any atom is -1.00 e. The maximum Gasteiger partial charge on any atom is 0.123 e. The van der Waals surface area contributed by atoms with Crippen molar-refractivity contribution in [2.75, 3.05) is 0 Å². The quantitative estimate of drug-likeness (QED) is 0.853. The van der Waals surface area contributed by atoms with E-state index in [0.717, 1.165) is 18.7 Å². The lowest BCUT2D eigenvalue weighted by Gasteiger charge is -2.03. The lowest BCUT2D eigenvalue weighted by molar-refractivity contribution is -0.00000387. The van der Waals surface area contributed by atoms with Crippen LogP contribution >= 0.6 is 11.3 Å². The molecule has 0 atom stereocenters. The third kappa shape index (κ3) is 4.46. The van der Waals surface area contributed by atoms with Gasteiger partial charge >= 0.3 is 0 Å². The zero-order valence-corrected chi connectivity index (χ0v) is 11.1. The molecule has 0 spiro atoms. The molecule has 0 bridgehead atoms. The maximum absolute atomic E-state index is 12.7. The first-order chi connectivity index (χ1) is 7.74. The number of hydrogen-bond acceptors (Lipinski definition) is 2. The number of hydrogen-bond donors (Lipinski definition) is 1.